The second-order valence-corrected chi connectivity index (χ2v) is 4.41. The third-order valence-electron chi connectivity index (χ3n) is 3.07. The third kappa shape index (κ3) is 2.70. The van der Waals surface area contributed by atoms with Crippen molar-refractivity contribution in [1.82, 2.24) is 0 Å². The number of carbonyl (C=O) groups is 1. The number of amides is 1. The Hall–Kier alpha value is -1.71. The molecule has 92 valence electrons. The lowest BCUT2D eigenvalue weighted by Gasteiger charge is -2.09. The van der Waals surface area contributed by atoms with Gasteiger partial charge in [-0.05, 0) is 12.3 Å². The van der Waals surface area contributed by atoms with Gasteiger partial charge < -0.3 is 14.8 Å². The zero-order chi connectivity index (χ0) is 12.4. The average Bonchev–Trinajstić information content (AvgIpc) is 3.06. The normalized spacial score (nSPS) is 21.8. The van der Waals surface area contributed by atoms with Crippen molar-refractivity contribution in [3.05, 3.63) is 18.2 Å². The van der Waals surface area contributed by atoms with Crippen LogP contribution in [0.1, 0.15) is 13.3 Å². The van der Waals surface area contributed by atoms with Crippen molar-refractivity contribution >= 4 is 11.6 Å². The van der Waals surface area contributed by atoms with Crippen LogP contribution in [-0.4, -0.2) is 20.1 Å². The van der Waals surface area contributed by atoms with Gasteiger partial charge in [0.2, 0.25) is 5.91 Å². The lowest BCUT2D eigenvalue weighted by atomic mass is 10.2. The van der Waals surface area contributed by atoms with E-state index >= 15 is 0 Å². The second kappa shape index (κ2) is 4.65. The average molecular weight is 235 g/mol. The van der Waals surface area contributed by atoms with E-state index in [1.54, 1.807) is 32.4 Å². The molecule has 1 fully saturated rings. The molecule has 17 heavy (non-hydrogen) atoms. The van der Waals surface area contributed by atoms with E-state index in [-0.39, 0.29) is 11.8 Å². The molecule has 0 saturated heterocycles. The van der Waals surface area contributed by atoms with Crippen molar-refractivity contribution < 1.29 is 14.3 Å². The SMILES string of the molecule is COc1cc(NC(=O)[C@H]2C[C@@H]2C)cc(OC)c1. The van der Waals surface area contributed by atoms with Gasteiger partial charge in [0.1, 0.15) is 11.5 Å². The van der Waals surface area contributed by atoms with Crippen molar-refractivity contribution in [3.8, 4) is 11.5 Å². The number of benzene rings is 1. The number of hydrogen-bond acceptors (Lipinski definition) is 3. The van der Waals surface area contributed by atoms with Gasteiger partial charge in [-0.1, -0.05) is 6.92 Å². The van der Waals surface area contributed by atoms with E-state index in [1.165, 1.54) is 0 Å². The molecule has 1 aliphatic rings. The summed E-state index contributed by atoms with van der Waals surface area (Å²) in [6, 6.07) is 5.34. The standard InChI is InChI=1S/C13H17NO3/c1-8-4-12(8)13(15)14-9-5-10(16-2)7-11(6-9)17-3/h5-8,12H,4H2,1-3H3,(H,14,15)/t8-,12-/m0/s1. The summed E-state index contributed by atoms with van der Waals surface area (Å²) in [7, 11) is 3.17. The molecule has 4 heteroatoms. The van der Waals surface area contributed by atoms with Gasteiger partial charge in [-0.3, -0.25) is 4.79 Å². The molecule has 0 aromatic heterocycles. The quantitative estimate of drug-likeness (QED) is 0.871. The van der Waals surface area contributed by atoms with Crippen LogP contribution in [0.4, 0.5) is 5.69 Å². The van der Waals surface area contributed by atoms with Gasteiger partial charge in [-0.2, -0.15) is 0 Å². The van der Waals surface area contributed by atoms with E-state index < -0.39 is 0 Å². The maximum Gasteiger partial charge on any atom is 0.227 e. The molecule has 0 aliphatic heterocycles. The van der Waals surface area contributed by atoms with Crippen molar-refractivity contribution in [2.45, 2.75) is 13.3 Å². The summed E-state index contributed by atoms with van der Waals surface area (Å²) in [5, 5.41) is 2.88. The first-order chi connectivity index (χ1) is 8.13. The molecular weight excluding hydrogens is 218 g/mol. The molecule has 1 aromatic carbocycles. The first-order valence-electron chi connectivity index (χ1n) is 5.68. The van der Waals surface area contributed by atoms with Crippen LogP contribution in [0.5, 0.6) is 11.5 Å². The molecule has 1 saturated carbocycles. The summed E-state index contributed by atoms with van der Waals surface area (Å²) < 4.78 is 10.3. The van der Waals surface area contributed by atoms with Crippen molar-refractivity contribution in [3.63, 3.8) is 0 Å². The Kier molecular flexibility index (Phi) is 3.22. The Morgan fingerprint density at radius 3 is 2.18 bits per heavy atom. The minimum Gasteiger partial charge on any atom is -0.497 e. The lowest BCUT2D eigenvalue weighted by Crippen LogP contribution is -2.14. The van der Waals surface area contributed by atoms with Crippen molar-refractivity contribution in [1.29, 1.82) is 0 Å². The molecular formula is C13H17NO3. The molecule has 1 aliphatic carbocycles. The van der Waals surface area contributed by atoms with Crippen LogP contribution < -0.4 is 14.8 Å². The lowest BCUT2D eigenvalue weighted by molar-refractivity contribution is -0.117. The van der Waals surface area contributed by atoms with Gasteiger partial charge in [-0.15, -0.1) is 0 Å². The summed E-state index contributed by atoms with van der Waals surface area (Å²) in [5.41, 5.74) is 0.713. The Bertz CT molecular complexity index is 408. The molecule has 2 rings (SSSR count). The van der Waals surface area contributed by atoms with Gasteiger partial charge in [0, 0.05) is 29.8 Å². The van der Waals surface area contributed by atoms with Gasteiger partial charge in [-0.25, -0.2) is 0 Å². The highest BCUT2D eigenvalue weighted by Gasteiger charge is 2.39. The summed E-state index contributed by atoms with van der Waals surface area (Å²) in [5.74, 6) is 2.08. The zero-order valence-corrected chi connectivity index (χ0v) is 10.3. The molecule has 0 spiro atoms. The predicted molar refractivity (Wildman–Crippen MR) is 65.4 cm³/mol. The monoisotopic (exact) mass is 235 g/mol. The van der Waals surface area contributed by atoms with E-state index in [2.05, 4.69) is 12.2 Å². The number of methoxy groups -OCH3 is 2. The summed E-state index contributed by atoms with van der Waals surface area (Å²) in [6.45, 7) is 2.08. The molecule has 0 heterocycles. The number of carbonyl (C=O) groups excluding carboxylic acids is 1. The van der Waals surface area contributed by atoms with Crippen LogP contribution in [-0.2, 0) is 4.79 Å². The van der Waals surface area contributed by atoms with Crippen LogP contribution in [0.25, 0.3) is 0 Å². The second-order valence-electron chi connectivity index (χ2n) is 4.41. The van der Waals surface area contributed by atoms with E-state index in [0.29, 0.717) is 23.1 Å². The number of ether oxygens (including phenoxy) is 2. The largest absolute Gasteiger partial charge is 0.497 e. The molecule has 2 atom stereocenters. The molecule has 1 amide bonds. The molecule has 0 radical (unpaired) electrons. The molecule has 4 nitrogen and oxygen atoms in total. The van der Waals surface area contributed by atoms with E-state index in [0.717, 1.165) is 6.42 Å². The molecule has 1 aromatic rings. The number of hydrogen-bond donors (Lipinski definition) is 1. The van der Waals surface area contributed by atoms with Crippen molar-refractivity contribution in [2.24, 2.45) is 11.8 Å². The van der Waals surface area contributed by atoms with Gasteiger partial charge >= 0.3 is 0 Å². The van der Waals surface area contributed by atoms with Crippen LogP contribution >= 0.6 is 0 Å². The molecule has 0 unspecified atom stereocenters. The zero-order valence-electron chi connectivity index (χ0n) is 10.3. The van der Waals surface area contributed by atoms with Crippen LogP contribution in [0.2, 0.25) is 0 Å². The first kappa shape index (κ1) is 11.8. The van der Waals surface area contributed by atoms with E-state index in [9.17, 15) is 4.79 Å². The van der Waals surface area contributed by atoms with Crippen molar-refractivity contribution in [2.75, 3.05) is 19.5 Å². The minimum atomic E-state index is 0.0767. The third-order valence-corrected chi connectivity index (χ3v) is 3.07. The fourth-order valence-electron chi connectivity index (χ4n) is 1.80. The summed E-state index contributed by atoms with van der Waals surface area (Å²) >= 11 is 0. The number of nitrogens with one attached hydrogen (secondary N) is 1. The Labute approximate surface area is 101 Å². The summed E-state index contributed by atoms with van der Waals surface area (Å²) in [6.07, 6.45) is 0.979. The minimum absolute atomic E-state index is 0.0767. The maximum absolute atomic E-state index is 11.8. The smallest absolute Gasteiger partial charge is 0.227 e. The van der Waals surface area contributed by atoms with E-state index in [4.69, 9.17) is 9.47 Å². The Balaban J connectivity index is 2.11. The first-order valence-corrected chi connectivity index (χ1v) is 5.68. The number of anilines is 1. The van der Waals surface area contributed by atoms with Crippen LogP contribution in [0.3, 0.4) is 0 Å². The molecule has 0 bridgehead atoms. The topological polar surface area (TPSA) is 47.6 Å². The Morgan fingerprint density at radius 2 is 1.76 bits per heavy atom. The Morgan fingerprint density at radius 1 is 1.24 bits per heavy atom. The van der Waals surface area contributed by atoms with Gasteiger partial charge in [0.25, 0.3) is 0 Å². The van der Waals surface area contributed by atoms with Gasteiger partial charge in [0.05, 0.1) is 14.2 Å². The fourth-order valence-corrected chi connectivity index (χ4v) is 1.80. The highest BCUT2D eigenvalue weighted by molar-refractivity contribution is 5.94. The predicted octanol–water partition coefficient (Wildman–Crippen LogP) is 2.30. The van der Waals surface area contributed by atoms with Crippen LogP contribution in [0, 0.1) is 11.8 Å². The highest BCUT2D eigenvalue weighted by Crippen LogP contribution is 2.38. The number of rotatable bonds is 4. The maximum atomic E-state index is 11.8. The van der Waals surface area contributed by atoms with E-state index in [1.807, 2.05) is 0 Å². The van der Waals surface area contributed by atoms with Crippen LogP contribution in [0.15, 0.2) is 18.2 Å². The highest BCUT2D eigenvalue weighted by atomic mass is 16.5. The fraction of sp³-hybridized carbons (Fsp3) is 0.462. The molecule has 1 N–H and O–H groups in total. The van der Waals surface area contributed by atoms with Gasteiger partial charge in [0.15, 0.2) is 0 Å². The summed E-state index contributed by atoms with van der Waals surface area (Å²) in [4.78, 5) is 11.8.